The van der Waals surface area contributed by atoms with Gasteiger partial charge in [0.25, 0.3) is 0 Å². The molecule has 0 spiro atoms. The molecule has 0 aromatic carbocycles. The molecule has 0 saturated carbocycles. The molecule has 0 rings (SSSR count). The molecule has 0 unspecified atom stereocenters. The molecule has 0 fully saturated rings. The van der Waals surface area contributed by atoms with Crippen LogP contribution in [0.4, 0.5) is 0 Å². The molecule has 0 heterocycles. The van der Waals surface area contributed by atoms with Crippen LogP contribution >= 0.6 is 0 Å². The normalized spacial score (nSPS) is 11.2. The number of carboxylic acids is 2. The third kappa shape index (κ3) is 51.2. The Bertz CT molecular complexity index is 1040. The number of hydrogen-bond donors (Lipinski definition) is 4. The number of rotatable bonds is 44. The number of Topliss-reactive ketones (excluding diaryl/α,β-unsaturated/α-hetero) is 2. The molecule has 0 aliphatic heterocycles. The fourth-order valence-electron chi connectivity index (χ4n) is 6.08. The maximum atomic E-state index is 12.2. The van der Waals surface area contributed by atoms with E-state index in [4.69, 9.17) is 24.1 Å². The van der Waals surface area contributed by atoms with Crippen molar-refractivity contribution in [1.82, 2.24) is 10.6 Å². The fourth-order valence-corrected chi connectivity index (χ4v) is 6.08. The highest BCUT2D eigenvalue weighted by atomic mass is 16.5. The van der Waals surface area contributed by atoms with Crippen LogP contribution in [0.25, 0.3) is 0 Å². The van der Waals surface area contributed by atoms with Gasteiger partial charge in [0.05, 0.1) is 33.0 Å². The van der Waals surface area contributed by atoms with Crippen molar-refractivity contribution in [3.05, 3.63) is 0 Å². The van der Waals surface area contributed by atoms with Gasteiger partial charge < -0.3 is 39.8 Å². The average Bonchev–Trinajstić information content (AvgIpc) is 3.19. The predicted molar refractivity (Wildman–Crippen MR) is 237 cm³/mol. The topological polar surface area (TPSA) is 204 Å². The van der Waals surface area contributed by atoms with Crippen molar-refractivity contribution in [3.8, 4) is 0 Å². The Morgan fingerprint density at radius 3 is 1.48 bits per heavy atom. The molecule has 0 radical (unpaired) electrons. The molecule has 0 saturated heterocycles. The third-order valence-electron chi connectivity index (χ3n) is 9.52. The second-order valence-electron chi connectivity index (χ2n) is 15.1. The average molecular weight is 861 g/mol. The van der Waals surface area contributed by atoms with E-state index >= 15 is 0 Å². The van der Waals surface area contributed by atoms with Gasteiger partial charge >= 0.3 is 11.9 Å². The molecule has 0 aliphatic rings. The molecule has 60 heavy (non-hydrogen) atoms. The summed E-state index contributed by atoms with van der Waals surface area (Å²) in [4.78, 5) is 68.2. The summed E-state index contributed by atoms with van der Waals surface area (Å²) in [6, 6.07) is -1.03. The molecule has 1 atom stereocenters. The van der Waals surface area contributed by atoms with Gasteiger partial charge in [-0.2, -0.15) is 0 Å². The summed E-state index contributed by atoms with van der Waals surface area (Å²) in [7, 11) is 0. The zero-order valence-corrected chi connectivity index (χ0v) is 37.3. The van der Waals surface area contributed by atoms with Crippen molar-refractivity contribution in [2.24, 2.45) is 0 Å². The monoisotopic (exact) mass is 861 g/mol. The zero-order valence-electron chi connectivity index (χ0n) is 37.3. The highest BCUT2D eigenvalue weighted by molar-refractivity contribution is 5.84. The number of carbonyl (C=O) groups excluding carboxylic acids is 4. The molecule has 4 N–H and O–H groups in total. The lowest BCUT2D eigenvalue weighted by molar-refractivity contribution is -0.142. The molecule has 14 heteroatoms. The number of carboxylic acid groups (broad SMARTS) is 2. The van der Waals surface area contributed by atoms with E-state index in [1.165, 1.54) is 71.1 Å². The van der Waals surface area contributed by atoms with Gasteiger partial charge in [0.2, 0.25) is 11.8 Å². The number of nitrogens with one attached hydrogen (secondary N) is 2. The van der Waals surface area contributed by atoms with Crippen LogP contribution in [0.5, 0.6) is 0 Å². The van der Waals surface area contributed by atoms with E-state index in [1.54, 1.807) is 0 Å². The number of aliphatic carboxylic acids is 2. The van der Waals surface area contributed by atoms with Crippen molar-refractivity contribution in [2.75, 3.05) is 59.4 Å². The first kappa shape index (κ1) is 61.4. The Morgan fingerprint density at radius 2 is 0.967 bits per heavy atom. The number of unbranched alkanes of at least 4 members (excludes halogenated alkanes) is 17. The summed E-state index contributed by atoms with van der Waals surface area (Å²) in [5, 5.41) is 23.2. The SMILES string of the molecule is C.CCCCCCCC(=O)COCCOCCNC(C)=O.CCOCCOCCCC(=O)CC[C@H](NC(=O)CCCCCCCCCCCCCCCCC(=O)O)C(=O)O. The lowest BCUT2D eigenvalue weighted by atomic mass is 10.0. The van der Waals surface area contributed by atoms with Crippen molar-refractivity contribution in [1.29, 1.82) is 0 Å². The van der Waals surface area contributed by atoms with Crippen molar-refractivity contribution in [2.45, 2.75) is 201 Å². The van der Waals surface area contributed by atoms with Crippen LogP contribution < -0.4 is 10.6 Å². The zero-order chi connectivity index (χ0) is 44.0. The van der Waals surface area contributed by atoms with Gasteiger partial charge in [-0.15, -0.1) is 0 Å². The molecule has 14 nitrogen and oxygen atoms in total. The minimum absolute atomic E-state index is 0. The summed E-state index contributed by atoms with van der Waals surface area (Å²) >= 11 is 0. The molecule has 0 aliphatic carbocycles. The van der Waals surface area contributed by atoms with Crippen molar-refractivity contribution < 1.29 is 57.9 Å². The van der Waals surface area contributed by atoms with Gasteiger partial charge in [0, 0.05) is 58.8 Å². The first-order chi connectivity index (χ1) is 28.5. The lowest BCUT2D eigenvalue weighted by Crippen LogP contribution is -2.41. The maximum Gasteiger partial charge on any atom is 0.326 e. The largest absolute Gasteiger partial charge is 0.481 e. The molecule has 0 aromatic rings. The highest BCUT2D eigenvalue weighted by Crippen LogP contribution is 2.14. The maximum absolute atomic E-state index is 12.2. The molecule has 0 bridgehead atoms. The Hall–Kier alpha value is -2.94. The minimum Gasteiger partial charge on any atom is -0.481 e. The van der Waals surface area contributed by atoms with Crippen LogP contribution in [0.15, 0.2) is 0 Å². The second kappa shape index (κ2) is 48.7. The summed E-state index contributed by atoms with van der Waals surface area (Å²) < 4.78 is 21.0. The number of ether oxygens (including phenoxy) is 4. The Morgan fingerprint density at radius 1 is 0.500 bits per heavy atom. The molecular weight excluding hydrogens is 773 g/mol. The van der Waals surface area contributed by atoms with Gasteiger partial charge in [-0.1, -0.05) is 117 Å². The van der Waals surface area contributed by atoms with Crippen LogP contribution in [0, 0.1) is 0 Å². The molecule has 2 amide bonds. The summed E-state index contributed by atoms with van der Waals surface area (Å²) in [6.45, 7) is 9.73. The van der Waals surface area contributed by atoms with Gasteiger partial charge in [0.1, 0.15) is 18.4 Å². The minimum atomic E-state index is -1.11. The van der Waals surface area contributed by atoms with Gasteiger partial charge in [0.15, 0.2) is 5.78 Å². The quantitative estimate of drug-likeness (QED) is 0.0425. The highest BCUT2D eigenvalue weighted by Gasteiger charge is 2.20. The molecule has 0 aromatic heterocycles. The van der Waals surface area contributed by atoms with Gasteiger partial charge in [-0.05, 0) is 39.0 Å². The summed E-state index contributed by atoms with van der Waals surface area (Å²) in [5.41, 5.74) is 0. The van der Waals surface area contributed by atoms with Gasteiger partial charge in [-0.3, -0.25) is 24.0 Å². The van der Waals surface area contributed by atoms with Crippen LogP contribution in [-0.2, 0) is 47.7 Å². The Kier molecular flexibility index (Phi) is 49.8. The first-order valence-corrected chi connectivity index (χ1v) is 22.9. The van der Waals surface area contributed by atoms with Crippen LogP contribution in [0.3, 0.4) is 0 Å². The number of hydrogen-bond acceptors (Lipinski definition) is 10. The standard InChI is InChI=1S/C30H55NO8.C15H29NO4.CH4/c1-2-38-24-25-39-23-17-18-26(32)21-22-27(30(36)37)31-28(33)19-15-13-11-9-7-5-3-4-6-8-10-12-14-16-20-29(34)35;1-3-4-5-6-7-8-15(18)13-20-12-11-19-10-9-16-14(2)17;/h27H,2-25H2,1H3,(H,31,33)(H,34,35)(H,36,37);3-13H2,1-2H3,(H,16,17);1H4/t27-;;/m0../s1. The Balaban J connectivity index is -0.00000130. The number of ketones is 2. The van der Waals surface area contributed by atoms with E-state index in [-0.39, 0.29) is 56.7 Å². The lowest BCUT2D eigenvalue weighted by Gasteiger charge is -2.14. The number of carbonyl (C=O) groups is 6. The van der Waals surface area contributed by atoms with E-state index in [0.717, 1.165) is 57.8 Å². The van der Waals surface area contributed by atoms with Crippen LogP contribution in [0.1, 0.15) is 195 Å². The van der Waals surface area contributed by atoms with E-state index in [1.807, 2.05) is 6.92 Å². The third-order valence-corrected chi connectivity index (χ3v) is 9.52. The molecular formula is C46H88N2O12. The smallest absolute Gasteiger partial charge is 0.326 e. The van der Waals surface area contributed by atoms with Crippen molar-refractivity contribution >= 4 is 35.3 Å². The van der Waals surface area contributed by atoms with Crippen LogP contribution in [-0.4, -0.2) is 111 Å². The summed E-state index contributed by atoms with van der Waals surface area (Å²) in [6.07, 6.45) is 23.7. The van der Waals surface area contributed by atoms with E-state index in [2.05, 4.69) is 17.6 Å². The van der Waals surface area contributed by atoms with Crippen molar-refractivity contribution in [3.63, 3.8) is 0 Å². The summed E-state index contributed by atoms with van der Waals surface area (Å²) in [5.74, 6) is -1.98. The molecule has 354 valence electrons. The second-order valence-corrected chi connectivity index (χ2v) is 15.1. The van der Waals surface area contributed by atoms with E-state index in [9.17, 15) is 33.9 Å². The predicted octanol–water partition coefficient (Wildman–Crippen LogP) is 8.79. The fraction of sp³-hybridized carbons (Fsp3) is 0.870. The van der Waals surface area contributed by atoms with Crippen LogP contribution in [0.2, 0.25) is 0 Å². The first-order valence-electron chi connectivity index (χ1n) is 22.9. The van der Waals surface area contributed by atoms with Gasteiger partial charge in [-0.25, -0.2) is 4.79 Å². The van der Waals surface area contributed by atoms with E-state index in [0.29, 0.717) is 78.5 Å². The van der Waals surface area contributed by atoms with E-state index < -0.39 is 18.0 Å². The number of amides is 2. The Labute approximate surface area is 363 Å².